The fraction of sp³-hybridized carbons (Fsp3) is 0.236. The van der Waals surface area contributed by atoms with E-state index in [4.69, 9.17) is 9.98 Å². The summed E-state index contributed by atoms with van der Waals surface area (Å²) in [6, 6.07) is 55.4. The molecule has 1 spiro atoms. The molecular weight excluding hydrogens is 753 g/mol. The van der Waals surface area contributed by atoms with Gasteiger partial charge in [0, 0.05) is 20.6 Å². The molecule has 2 aliphatic heterocycles. The summed E-state index contributed by atoms with van der Waals surface area (Å²) < 4.78 is 0.110. The van der Waals surface area contributed by atoms with E-state index in [0.717, 1.165) is 10.1 Å². The lowest BCUT2D eigenvalue weighted by atomic mass is 9.69. The molecule has 4 heteroatoms. The van der Waals surface area contributed by atoms with Crippen molar-refractivity contribution in [3.8, 4) is 44.5 Å². The molecule has 0 fully saturated rings. The lowest BCUT2D eigenvalue weighted by Crippen LogP contribution is -2.36. The molecule has 11 rings (SSSR count). The van der Waals surface area contributed by atoms with Crippen LogP contribution in [0.15, 0.2) is 156 Å². The Morgan fingerprint density at radius 3 is 1.31 bits per heavy atom. The highest BCUT2D eigenvalue weighted by Crippen LogP contribution is 2.64. The van der Waals surface area contributed by atoms with E-state index in [1.165, 1.54) is 88.7 Å². The second kappa shape index (κ2) is 12.4. The van der Waals surface area contributed by atoms with Crippen molar-refractivity contribution in [3.63, 3.8) is 0 Å². The van der Waals surface area contributed by atoms with Crippen molar-refractivity contribution in [2.75, 3.05) is 0 Å². The Morgan fingerprint density at radius 2 is 0.797 bits per heavy atom. The van der Waals surface area contributed by atoms with E-state index in [2.05, 4.69) is 201 Å². The van der Waals surface area contributed by atoms with Crippen molar-refractivity contribution in [2.24, 2.45) is 9.98 Å². The number of hydrogen-bond donors (Lipinski definition) is 0. The highest BCUT2D eigenvalue weighted by molar-refractivity contribution is 8.16. The minimum Gasteiger partial charge on any atom is -0.270 e. The van der Waals surface area contributed by atoms with Gasteiger partial charge in [-0.1, -0.05) is 157 Å². The Bertz CT molecular complexity index is 2930. The quantitative estimate of drug-likeness (QED) is 0.177. The first-order valence-electron chi connectivity index (χ1n) is 20.9. The van der Waals surface area contributed by atoms with E-state index < -0.39 is 5.41 Å². The van der Waals surface area contributed by atoms with Gasteiger partial charge < -0.3 is 0 Å². The number of rotatable bonds is 4. The second-order valence-corrected chi connectivity index (χ2v) is 22.1. The topological polar surface area (TPSA) is 24.7 Å². The first kappa shape index (κ1) is 36.9. The molecule has 0 N–H and O–H groups in total. The van der Waals surface area contributed by atoms with E-state index in [9.17, 15) is 0 Å². The van der Waals surface area contributed by atoms with Gasteiger partial charge >= 0.3 is 0 Å². The smallest absolute Gasteiger partial charge is 0.0990 e. The summed E-state index contributed by atoms with van der Waals surface area (Å²) in [5.41, 5.74) is 17.4. The van der Waals surface area contributed by atoms with Crippen LogP contribution < -0.4 is 0 Å². The maximum atomic E-state index is 5.16. The maximum Gasteiger partial charge on any atom is 0.0990 e. The van der Waals surface area contributed by atoms with Crippen molar-refractivity contribution < 1.29 is 0 Å². The molecule has 7 aromatic carbocycles. The van der Waals surface area contributed by atoms with Crippen LogP contribution in [0.25, 0.3) is 55.3 Å². The van der Waals surface area contributed by atoms with Gasteiger partial charge in [-0.05, 0) is 145 Å². The molecule has 2 aliphatic carbocycles. The van der Waals surface area contributed by atoms with Gasteiger partial charge in [0.2, 0.25) is 0 Å². The van der Waals surface area contributed by atoms with Crippen LogP contribution in [0.3, 0.4) is 0 Å². The van der Waals surface area contributed by atoms with Crippen LogP contribution in [0.5, 0.6) is 0 Å². The zero-order chi connectivity index (χ0) is 40.7. The number of aliphatic imine (C=N–C) groups is 2. The van der Waals surface area contributed by atoms with Gasteiger partial charge in [-0.3, -0.25) is 9.98 Å². The van der Waals surface area contributed by atoms with E-state index in [1.54, 1.807) is 0 Å². The lowest BCUT2D eigenvalue weighted by Gasteiger charge is -2.31. The summed E-state index contributed by atoms with van der Waals surface area (Å²) in [7, 11) is 0. The van der Waals surface area contributed by atoms with Gasteiger partial charge in [0.15, 0.2) is 0 Å². The first-order valence-corrected chi connectivity index (χ1v) is 22.5. The molecule has 0 saturated carbocycles. The van der Waals surface area contributed by atoms with Crippen molar-refractivity contribution in [3.05, 3.63) is 179 Å². The largest absolute Gasteiger partial charge is 0.270 e. The van der Waals surface area contributed by atoms with Gasteiger partial charge in [0.25, 0.3) is 0 Å². The van der Waals surface area contributed by atoms with Gasteiger partial charge in [-0.15, -0.1) is 0 Å². The summed E-state index contributed by atoms with van der Waals surface area (Å²) in [5, 5.41) is 4.83. The molecule has 0 unspecified atom stereocenters. The summed E-state index contributed by atoms with van der Waals surface area (Å²) in [6.07, 6.45) is 0. The standard InChI is InChI=1S/C55H48N2S2/c1-51(2)53(5,6)58-49(56-51)35-21-17-33(18-22-35)37-25-28-40-39(31-37)27-30-44-43-29-26-38(34-19-23-36(24-20-34)50-57-52(3,4)54(7,8)59-50)32-47(43)55(48(40)44)45-15-11-9-13-41(45)42-14-10-12-16-46(42)55/h9-32H,1-8H3. The second-order valence-electron chi connectivity index (χ2n) is 18.9. The number of fused-ring (bicyclic) bond motifs is 12. The molecule has 290 valence electrons. The third-order valence-corrected chi connectivity index (χ3v) is 17.5. The average molecular weight is 801 g/mol. The summed E-state index contributed by atoms with van der Waals surface area (Å²) in [4.78, 5) is 10.3. The van der Waals surface area contributed by atoms with Crippen molar-refractivity contribution in [1.82, 2.24) is 0 Å². The van der Waals surface area contributed by atoms with Crippen LogP contribution in [0.4, 0.5) is 0 Å². The van der Waals surface area contributed by atoms with Gasteiger partial charge in [0.05, 0.1) is 26.6 Å². The first-order chi connectivity index (χ1) is 28.2. The zero-order valence-electron chi connectivity index (χ0n) is 35.1. The molecular formula is C55H48N2S2. The molecule has 4 aliphatic rings. The normalized spacial score (nSPS) is 19.3. The molecule has 0 radical (unpaired) electrons. The van der Waals surface area contributed by atoms with E-state index in [0.29, 0.717) is 0 Å². The third-order valence-electron chi connectivity index (χ3n) is 14.4. The Kier molecular flexibility index (Phi) is 7.78. The fourth-order valence-corrected chi connectivity index (χ4v) is 12.4. The minimum absolute atomic E-state index is 0.0508. The molecule has 0 atom stereocenters. The van der Waals surface area contributed by atoms with Crippen LogP contribution in [-0.2, 0) is 5.41 Å². The third kappa shape index (κ3) is 5.21. The molecule has 0 aromatic heterocycles. The van der Waals surface area contributed by atoms with E-state index >= 15 is 0 Å². The predicted octanol–water partition coefficient (Wildman–Crippen LogP) is 14.6. The Balaban J connectivity index is 1.04. The van der Waals surface area contributed by atoms with Crippen LogP contribution in [-0.4, -0.2) is 30.7 Å². The molecule has 0 saturated heterocycles. The van der Waals surface area contributed by atoms with Crippen LogP contribution in [0, 0.1) is 0 Å². The van der Waals surface area contributed by atoms with Gasteiger partial charge in [-0.2, -0.15) is 0 Å². The van der Waals surface area contributed by atoms with E-state index in [1.807, 2.05) is 23.5 Å². The number of thioether (sulfide) groups is 2. The van der Waals surface area contributed by atoms with Gasteiger partial charge in [-0.25, -0.2) is 0 Å². The fourth-order valence-electron chi connectivity index (χ4n) is 9.75. The molecule has 2 heterocycles. The number of hydrogen-bond acceptors (Lipinski definition) is 4. The summed E-state index contributed by atoms with van der Waals surface area (Å²) in [5.74, 6) is 0. The highest BCUT2D eigenvalue weighted by Gasteiger charge is 2.52. The van der Waals surface area contributed by atoms with Crippen LogP contribution in [0.1, 0.15) is 88.8 Å². The Morgan fingerprint density at radius 1 is 0.373 bits per heavy atom. The lowest BCUT2D eigenvalue weighted by molar-refractivity contribution is 0.426. The van der Waals surface area contributed by atoms with E-state index in [-0.39, 0.29) is 20.6 Å². The van der Waals surface area contributed by atoms with Crippen molar-refractivity contribution >= 4 is 44.4 Å². The molecule has 7 aromatic rings. The molecule has 0 bridgehead atoms. The summed E-state index contributed by atoms with van der Waals surface area (Å²) in [6.45, 7) is 18.2. The average Bonchev–Trinajstić information content (AvgIpc) is 3.85. The molecule has 2 nitrogen and oxygen atoms in total. The molecule has 59 heavy (non-hydrogen) atoms. The maximum absolute atomic E-state index is 5.16. The molecule has 0 amide bonds. The van der Waals surface area contributed by atoms with Crippen LogP contribution >= 0.6 is 23.5 Å². The van der Waals surface area contributed by atoms with Crippen molar-refractivity contribution in [1.29, 1.82) is 0 Å². The van der Waals surface area contributed by atoms with Crippen LogP contribution in [0.2, 0.25) is 0 Å². The Labute approximate surface area is 357 Å². The monoisotopic (exact) mass is 800 g/mol. The number of benzene rings is 7. The zero-order valence-corrected chi connectivity index (χ0v) is 36.7. The predicted molar refractivity (Wildman–Crippen MR) is 256 cm³/mol. The number of nitrogens with zero attached hydrogens (tertiary/aromatic N) is 2. The Hall–Kier alpha value is -5.16. The minimum atomic E-state index is -0.454. The highest BCUT2D eigenvalue weighted by atomic mass is 32.2. The van der Waals surface area contributed by atoms with Gasteiger partial charge in [0.1, 0.15) is 0 Å². The SMILES string of the molecule is CC1(C)N=C(c2ccc(-c3ccc4c(c3)C3(c5ccccc5-c5ccccc53)c3c-4ccc4cc(-c5ccc(C6=NC(C)(C)C(C)(C)S6)cc5)ccc34)cc2)SC1(C)C. The van der Waals surface area contributed by atoms with Crippen molar-refractivity contribution in [2.45, 2.75) is 81.4 Å². The summed E-state index contributed by atoms with van der Waals surface area (Å²) >= 11 is 3.77.